The lowest BCUT2D eigenvalue weighted by Crippen LogP contribution is -2.06. The number of rotatable bonds is 15. The highest BCUT2D eigenvalue weighted by atomic mass is 79.9. The van der Waals surface area contributed by atoms with Gasteiger partial charge in [0.1, 0.15) is 24.7 Å². The first kappa shape index (κ1) is 27.0. The van der Waals surface area contributed by atoms with E-state index in [1.165, 1.54) is 30.4 Å². The van der Waals surface area contributed by atoms with E-state index < -0.39 is 0 Å². The molecule has 0 unspecified atom stereocenters. The van der Waals surface area contributed by atoms with Gasteiger partial charge in [-0.15, -0.1) is 0 Å². The molecule has 0 N–H and O–H groups in total. The van der Waals surface area contributed by atoms with Crippen molar-refractivity contribution in [1.29, 1.82) is 0 Å². The maximum Gasteiger partial charge on any atom is 0.126 e. The first-order valence-corrected chi connectivity index (χ1v) is 12.5. The molecule has 0 saturated carbocycles. The summed E-state index contributed by atoms with van der Waals surface area (Å²) < 4.78 is 13.1. The number of unbranched alkanes of at least 4 members (excludes halogenated alkanes) is 4. The number of nitrogens with zero attached hydrogens (tertiary/aromatic N) is 1. The first-order chi connectivity index (χ1) is 14.3. The number of oxime groups is 1. The smallest absolute Gasteiger partial charge is 0.126 e. The second-order valence-electron chi connectivity index (χ2n) is 7.80. The van der Waals surface area contributed by atoms with Gasteiger partial charge in [0.05, 0.1) is 15.7 Å². The highest BCUT2D eigenvalue weighted by Crippen LogP contribution is 2.35. The monoisotopic (exact) mass is 545 g/mol. The number of hydrogen-bond acceptors (Lipinski definition) is 4. The van der Waals surface area contributed by atoms with Crippen LogP contribution in [0.2, 0.25) is 0 Å². The Morgan fingerprint density at radius 1 is 1.00 bits per heavy atom. The van der Waals surface area contributed by atoms with Gasteiger partial charge in [-0.25, -0.2) is 0 Å². The van der Waals surface area contributed by atoms with Crippen LogP contribution in [0.5, 0.6) is 11.5 Å². The Hall–Kier alpha value is -1.01. The molecule has 4 nitrogen and oxygen atoms in total. The van der Waals surface area contributed by atoms with Crippen molar-refractivity contribution in [3.05, 3.63) is 32.7 Å². The van der Waals surface area contributed by atoms with Crippen LogP contribution in [0, 0.1) is 0 Å². The number of hydrogen-bond donors (Lipinski definition) is 0. The molecule has 0 fully saturated rings. The van der Waals surface area contributed by atoms with Gasteiger partial charge in [0.15, 0.2) is 0 Å². The average Bonchev–Trinajstić information content (AvgIpc) is 2.68. The quantitative estimate of drug-likeness (QED) is 0.127. The summed E-state index contributed by atoms with van der Waals surface area (Å²) in [5.41, 5.74) is 3.39. The highest BCUT2D eigenvalue weighted by molar-refractivity contribution is 9.28. The zero-order valence-corrected chi connectivity index (χ0v) is 22.3. The highest BCUT2D eigenvalue weighted by Gasteiger charge is 2.15. The Bertz CT molecular complexity index is 679. The molecule has 0 atom stereocenters. The molecule has 0 aliphatic heterocycles. The van der Waals surface area contributed by atoms with Crippen LogP contribution in [0.1, 0.15) is 83.8 Å². The molecule has 170 valence electrons. The van der Waals surface area contributed by atoms with E-state index in [1.807, 2.05) is 19.9 Å². The lowest BCUT2D eigenvalue weighted by molar-refractivity contribution is 0.139. The summed E-state index contributed by atoms with van der Waals surface area (Å²) in [6.07, 6.45) is 8.51. The molecule has 0 aromatic heterocycles. The van der Waals surface area contributed by atoms with Crippen molar-refractivity contribution < 1.29 is 14.3 Å². The normalized spacial score (nSPS) is 10.7. The van der Waals surface area contributed by atoms with Crippen LogP contribution in [-0.2, 0) is 11.3 Å². The van der Waals surface area contributed by atoms with Gasteiger partial charge < -0.3 is 14.3 Å². The fourth-order valence-electron chi connectivity index (χ4n) is 2.98. The molecule has 1 aromatic carbocycles. The molecule has 0 aliphatic rings. The van der Waals surface area contributed by atoms with Gasteiger partial charge in [0.25, 0.3) is 0 Å². The van der Waals surface area contributed by atoms with Crippen molar-refractivity contribution >= 4 is 37.6 Å². The van der Waals surface area contributed by atoms with Gasteiger partial charge in [-0.3, -0.25) is 0 Å². The van der Waals surface area contributed by atoms with Crippen LogP contribution in [0.3, 0.4) is 0 Å². The Labute approximate surface area is 199 Å². The van der Waals surface area contributed by atoms with E-state index in [1.54, 1.807) is 0 Å². The van der Waals surface area contributed by atoms with Crippen LogP contribution in [0.15, 0.2) is 26.8 Å². The summed E-state index contributed by atoms with van der Waals surface area (Å²) in [6.45, 7) is 12.4. The molecular formula is C24H37Br2NO3. The third-order valence-corrected chi connectivity index (χ3v) is 5.18. The molecular weight excluding hydrogens is 510 g/mol. The topological polar surface area (TPSA) is 40.0 Å². The minimum Gasteiger partial charge on any atom is -0.493 e. The Morgan fingerprint density at radius 2 is 1.67 bits per heavy atom. The van der Waals surface area contributed by atoms with Crippen molar-refractivity contribution in [2.75, 3.05) is 19.8 Å². The van der Waals surface area contributed by atoms with Crippen molar-refractivity contribution in [1.82, 2.24) is 0 Å². The SMILES string of the molecule is CCc1cc(OCC=C(Br)Br)cc(C(C)C)c1OCCCCCCCON=C(C)C. The number of ether oxygens (including phenoxy) is 2. The Morgan fingerprint density at radius 3 is 2.27 bits per heavy atom. The molecule has 0 amide bonds. The second kappa shape index (κ2) is 15.7. The third-order valence-electron chi connectivity index (χ3n) is 4.53. The zero-order chi connectivity index (χ0) is 22.4. The molecule has 6 heteroatoms. The van der Waals surface area contributed by atoms with Crippen LogP contribution >= 0.6 is 31.9 Å². The van der Waals surface area contributed by atoms with E-state index in [2.05, 4.69) is 69.9 Å². The molecule has 0 saturated heterocycles. The standard InChI is InChI=1S/C24H37Br2NO3/c1-6-20-16-21(28-15-12-23(25)26)17-22(18(2)3)24(20)29-13-10-8-7-9-11-14-30-27-19(4)5/h12,16-18H,6-11,13-15H2,1-5H3. The maximum atomic E-state index is 6.26. The van der Waals surface area contributed by atoms with E-state index in [4.69, 9.17) is 14.3 Å². The van der Waals surface area contributed by atoms with Crippen molar-refractivity contribution in [3.8, 4) is 11.5 Å². The maximum absolute atomic E-state index is 6.26. The summed E-state index contributed by atoms with van der Waals surface area (Å²) >= 11 is 6.72. The van der Waals surface area contributed by atoms with E-state index in [0.717, 1.165) is 46.5 Å². The zero-order valence-electron chi connectivity index (χ0n) is 19.1. The van der Waals surface area contributed by atoms with Crippen molar-refractivity contribution in [3.63, 3.8) is 0 Å². The lowest BCUT2D eigenvalue weighted by atomic mass is 9.97. The molecule has 1 aromatic rings. The molecule has 30 heavy (non-hydrogen) atoms. The molecule has 0 spiro atoms. The number of benzene rings is 1. The number of aryl methyl sites for hydroxylation is 1. The van der Waals surface area contributed by atoms with E-state index >= 15 is 0 Å². The van der Waals surface area contributed by atoms with Gasteiger partial charge in [-0.1, -0.05) is 38.8 Å². The molecule has 0 radical (unpaired) electrons. The first-order valence-electron chi connectivity index (χ1n) is 10.9. The molecule has 1 rings (SSSR count). The summed E-state index contributed by atoms with van der Waals surface area (Å²) in [5.74, 6) is 2.31. The summed E-state index contributed by atoms with van der Waals surface area (Å²) in [7, 11) is 0. The minimum absolute atomic E-state index is 0.377. The minimum atomic E-state index is 0.377. The van der Waals surface area contributed by atoms with E-state index in [-0.39, 0.29) is 0 Å². The largest absolute Gasteiger partial charge is 0.493 e. The summed E-state index contributed by atoms with van der Waals surface area (Å²) in [6, 6.07) is 4.23. The fourth-order valence-corrected chi connectivity index (χ4v) is 3.25. The second-order valence-corrected chi connectivity index (χ2v) is 10.6. The summed E-state index contributed by atoms with van der Waals surface area (Å²) in [4.78, 5) is 5.23. The van der Waals surface area contributed by atoms with Gasteiger partial charge in [0.2, 0.25) is 0 Å². The predicted molar refractivity (Wildman–Crippen MR) is 135 cm³/mol. The molecule has 0 bridgehead atoms. The molecule has 0 heterocycles. The third kappa shape index (κ3) is 11.4. The van der Waals surface area contributed by atoms with Gasteiger partial charge in [0, 0.05) is 5.56 Å². The van der Waals surface area contributed by atoms with Crippen molar-refractivity contribution in [2.24, 2.45) is 5.16 Å². The van der Waals surface area contributed by atoms with Crippen LogP contribution in [-0.4, -0.2) is 25.5 Å². The molecule has 0 aliphatic carbocycles. The fraction of sp³-hybridized carbons (Fsp3) is 0.625. The average molecular weight is 547 g/mol. The van der Waals surface area contributed by atoms with Crippen LogP contribution < -0.4 is 9.47 Å². The lowest BCUT2D eigenvalue weighted by Gasteiger charge is -2.19. The van der Waals surface area contributed by atoms with Crippen molar-refractivity contribution in [2.45, 2.75) is 79.1 Å². The van der Waals surface area contributed by atoms with Gasteiger partial charge in [-0.2, -0.15) is 0 Å². The van der Waals surface area contributed by atoms with Gasteiger partial charge >= 0.3 is 0 Å². The van der Waals surface area contributed by atoms with Crippen LogP contribution in [0.25, 0.3) is 0 Å². The van der Waals surface area contributed by atoms with Crippen LogP contribution in [0.4, 0.5) is 0 Å². The van der Waals surface area contributed by atoms with E-state index in [9.17, 15) is 0 Å². The van der Waals surface area contributed by atoms with Gasteiger partial charge in [-0.05, 0) is 101 Å². The Kier molecular flexibility index (Phi) is 14.2. The number of halogens is 2. The Balaban J connectivity index is 2.52. The van der Waals surface area contributed by atoms with E-state index in [0.29, 0.717) is 19.1 Å². The summed E-state index contributed by atoms with van der Waals surface area (Å²) in [5, 5.41) is 3.96. The predicted octanol–water partition coefficient (Wildman–Crippen LogP) is 8.12.